The van der Waals surface area contributed by atoms with Gasteiger partial charge in [0, 0.05) is 16.2 Å². The molecule has 42 heavy (non-hydrogen) atoms. The molecular weight excluding hydrogens is 683 g/mol. The van der Waals surface area contributed by atoms with Crippen LogP contribution in [0.15, 0.2) is 60.7 Å². The summed E-state index contributed by atoms with van der Waals surface area (Å²) in [6.45, 7) is 0.313. The van der Waals surface area contributed by atoms with E-state index < -0.39 is 77.0 Å². The van der Waals surface area contributed by atoms with Crippen molar-refractivity contribution in [3.63, 3.8) is 0 Å². The second-order valence-corrected chi connectivity index (χ2v) is 11.0. The molecule has 0 spiro atoms. The predicted molar refractivity (Wildman–Crippen MR) is 148 cm³/mol. The van der Waals surface area contributed by atoms with E-state index in [-0.39, 0.29) is 11.3 Å². The minimum absolute atomic E-state index is 0.227. The minimum Gasteiger partial charge on any atom is -0.384 e. The van der Waals surface area contributed by atoms with Crippen molar-refractivity contribution >= 4 is 45.8 Å². The average Bonchev–Trinajstić information content (AvgIpc) is 2.91. The van der Waals surface area contributed by atoms with E-state index in [1.165, 1.54) is 37.3 Å². The summed E-state index contributed by atoms with van der Waals surface area (Å²) in [4.78, 5) is 27.3. The molecule has 1 unspecified atom stereocenters. The van der Waals surface area contributed by atoms with Crippen LogP contribution in [0, 0.1) is 21.0 Å². The highest BCUT2D eigenvalue weighted by molar-refractivity contribution is 14.1. The lowest BCUT2D eigenvalue weighted by Crippen LogP contribution is -2.72. The summed E-state index contributed by atoms with van der Waals surface area (Å²) < 4.78 is 91.2. The van der Waals surface area contributed by atoms with E-state index in [2.05, 4.69) is 10.6 Å². The van der Waals surface area contributed by atoms with Crippen LogP contribution in [0.5, 0.6) is 0 Å². The first-order valence-corrected chi connectivity index (χ1v) is 13.4. The van der Waals surface area contributed by atoms with E-state index in [9.17, 15) is 41.0 Å². The molecule has 0 aliphatic carbocycles. The van der Waals surface area contributed by atoms with Gasteiger partial charge in [-0.3, -0.25) is 9.59 Å². The number of ether oxygens (including phenoxy) is 1. The zero-order valence-electron chi connectivity index (χ0n) is 22.0. The van der Waals surface area contributed by atoms with Crippen molar-refractivity contribution in [1.82, 2.24) is 10.2 Å². The third kappa shape index (κ3) is 5.66. The van der Waals surface area contributed by atoms with Gasteiger partial charge in [-0.05, 0) is 59.8 Å². The highest BCUT2D eigenvalue weighted by atomic mass is 127. The maximum Gasteiger partial charge on any atom is 0.430 e. The Balaban J connectivity index is 1.53. The van der Waals surface area contributed by atoms with Gasteiger partial charge in [0.1, 0.15) is 11.4 Å². The van der Waals surface area contributed by atoms with E-state index in [4.69, 9.17) is 4.74 Å². The molecule has 14 heteroatoms. The van der Waals surface area contributed by atoms with Crippen molar-refractivity contribution in [2.75, 3.05) is 25.5 Å². The molecule has 3 aromatic carbocycles. The summed E-state index contributed by atoms with van der Waals surface area (Å²) in [7, 11) is 0.735. The minimum atomic E-state index is -5.18. The fraction of sp³-hybridized carbons (Fsp3) is 0.286. The summed E-state index contributed by atoms with van der Waals surface area (Å²) >= 11 is 1.86. The number of β-amino-alcohol motifs (C(OH)–C–C–N with tert-alkyl or cyclic N) is 1. The van der Waals surface area contributed by atoms with Crippen LogP contribution >= 0.6 is 22.6 Å². The molecule has 0 aromatic heterocycles. The van der Waals surface area contributed by atoms with Gasteiger partial charge >= 0.3 is 6.18 Å². The summed E-state index contributed by atoms with van der Waals surface area (Å²) in [5.74, 6) is -5.99. The van der Waals surface area contributed by atoms with Crippen molar-refractivity contribution in [2.24, 2.45) is 0 Å². The van der Waals surface area contributed by atoms with Gasteiger partial charge in [-0.15, -0.1) is 0 Å². The number of nitrogens with one attached hydrogen (secondary N) is 2. The zero-order valence-corrected chi connectivity index (χ0v) is 24.2. The number of rotatable bonds is 8. The van der Waals surface area contributed by atoms with Crippen LogP contribution in [-0.4, -0.2) is 59.8 Å². The largest absolute Gasteiger partial charge is 0.430 e. The molecule has 3 N–H and O–H groups in total. The lowest BCUT2D eigenvalue weighted by atomic mass is 9.84. The number of hydrogen-bond acceptors (Lipinski definition) is 5. The summed E-state index contributed by atoms with van der Waals surface area (Å²) in [5, 5.41) is 15.6. The van der Waals surface area contributed by atoms with Crippen molar-refractivity contribution < 1.29 is 45.8 Å². The Morgan fingerprint density at radius 1 is 1.02 bits per heavy atom. The number of alkyl halides is 3. The van der Waals surface area contributed by atoms with Gasteiger partial charge in [-0.1, -0.05) is 30.3 Å². The molecule has 1 fully saturated rings. The van der Waals surface area contributed by atoms with Gasteiger partial charge in [0.25, 0.3) is 17.4 Å². The maximum atomic E-state index is 14.8. The van der Waals surface area contributed by atoms with Gasteiger partial charge in [0.2, 0.25) is 0 Å². The fourth-order valence-corrected chi connectivity index (χ4v) is 5.09. The monoisotopic (exact) mass is 707 g/mol. The summed E-state index contributed by atoms with van der Waals surface area (Å²) in [5.41, 5.74) is -6.99. The third-order valence-corrected chi connectivity index (χ3v) is 7.76. The molecule has 1 aliphatic heterocycles. The van der Waals surface area contributed by atoms with Crippen molar-refractivity contribution in [3.8, 4) is 0 Å². The summed E-state index contributed by atoms with van der Waals surface area (Å²) in [6.07, 6.45) is -5.18. The third-order valence-electron chi connectivity index (χ3n) is 7.09. The molecule has 0 bridgehead atoms. The van der Waals surface area contributed by atoms with Crippen molar-refractivity contribution in [1.29, 1.82) is 0 Å². The second-order valence-electron chi connectivity index (χ2n) is 9.74. The SMILES string of the molecule is COC(C(=O)N[C@H](C)C1(O)CN(C(=O)c2ccc(F)c(F)c2Nc2ccc(I)cc2F)C1)(c1ccccc1)C(F)(F)F. The van der Waals surface area contributed by atoms with Crippen LogP contribution < -0.4 is 10.6 Å². The Kier molecular flexibility index (Phi) is 8.81. The van der Waals surface area contributed by atoms with E-state index >= 15 is 0 Å². The van der Waals surface area contributed by atoms with Gasteiger partial charge < -0.3 is 25.4 Å². The van der Waals surface area contributed by atoms with Gasteiger partial charge in [-0.25, -0.2) is 13.2 Å². The number of carbonyl (C=O) groups is 2. The number of likely N-dealkylation sites (tertiary alicyclic amines) is 1. The Morgan fingerprint density at radius 2 is 1.67 bits per heavy atom. The Morgan fingerprint density at radius 3 is 2.24 bits per heavy atom. The van der Waals surface area contributed by atoms with Crippen LogP contribution in [0.4, 0.5) is 37.7 Å². The number of methoxy groups -OCH3 is 1. The first-order chi connectivity index (χ1) is 19.6. The number of halogens is 7. The summed E-state index contributed by atoms with van der Waals surface area (Å²) in [6, 6.07) is 10.5. The first kappa shape index (κ1) is 31.6. The maximum absolute atomic E-state index is 14.8. The average molecular weight is 707 g/mol. The van der Waals surface area contributed by atoms with E-state index in [0.717, 1.165) is 36.3 Å². The second kappa shape index (κ2) is 11.7. The molecule has 2 atom stereocenters. The van der Waals surface area contributed by atoms with Gasteiger partial charge in [-0.2, -0.15) is 13.2 Å². The Hall–Kier alpha value is -3.37. The topological polar surface area (TPSA) is 90.9 Å². The van der Waals surface area contributed by atoms with E-state index in [1.807, 2.05) is 22.6 Å². The molecule has 7 nitrogen and oxygen atoms in total. The lowest BCUT2D eigenvalue weighted by molar-refractivity contribution is -0.266. The molecule has 2 amide bonds. The molecule has 4 rings (SSSR count). The number of carbonyl (C=O) groups excluding carboxylic acids is 2. The smallest absolute Gasteiger partial charge is 0.384 e. The number of aliphatic hydroxyl groups is 1. The lowest BCUT2D eigenvalue weighted by Gasteiger charge is -2.50. The zero-order chi connectivity index (χ0) is 31.0. The van der Waals surface area contributed by atoms with Crippen LogP contribution in [0.2, 0.25) is 0 Å². The molecule has 1 saturated heterocycles. The molecule has 3 aromatic rings. The predicted octanol–water partition coefficient (Wildman–Crippen LogP) is 5.25. The van der Waals surface area contributed by atoms with Crippen LogP contribution in [0.3, 0.4) is 0 Å². The van der Waals surface area contributed by atoms with Crippen LogP contribution in [0.1, 0.15) is 22.8 Å². The molecule has 1 aliphatic rings. The molecule has 0 radical (unpaired) electrons. The number of hydrogen-bond donors (Lipinski definition) is 3. The van der Waals surface area contributed by atoms with Crippen LogP contribution in [-0.2, 0) is 15.1 Å². The standard InChI is InChI=1S/C28H24F6IN3O4/c1-15(36-25(40)27(42-2,28(32,33)34)16-6-4-3-5-7-16)26(41)13-38(14-26)24(39)18-9-10-19(29)22(31)23(18)37-21-11-8-17(35)12-20(21)30/h3-12,15,37,41H,13-14H2,1-2H3,(H,36,40)/t15-,27?/m1/s1. The van der Waals surface area contributed by atoms with Crippen molar-refractivity contribution in [2.45, 2.75) is 30.3 Å². The van der Waals surface area contributed by atoms with Gasteiger partial charge in [0.15, 0.2) is 11.6 Å². The molecule has 0 saturated carbocycles. The first-order valence-electron chi connectivity index (χ1n) is 12.3. The highest BCUT2D eigenvalue weighted by Gasteiger charge is 2.63. The van der Waals surface area contributed by atoms with Crippen LogP contribution in [0.25, 0.3) is 0 Å². The molecular formula is C28H24F6IN3O4. The number of benzene rings is 3. The Labute approximate surface area is 250 Å². The number of amides is 2. The number of anilines is 2. The normalized spacial score (nSPS) is 16.7. The fourth-order valence-electron chi connectivity index (χ4n) is 4.63. The Bertz CT molecular complexity index is 1500. The quantitative estimate of drug-likeness (QED) is 0.220. The molecule has 224 valence electrons. The molecule has 1 heterocycles. The van der Waals surface area contributed by atoms with E-state index in [0.29, 0.717) is 9.64 Å². The van der Waals surface area contributed by atoms with Gasteiger partial charge in [0.05, 0.1) is 36.1 Å². The van der Waals surface area contributed by atoms with E-state index in [1.54, 1.807) is 0 Å². The number of nitrogens with zero attached hydrogens (tertiary/aromatic N) is 1. The van der Waals surface area contributed by atoms with Crippen molar-refractivity contribution in [3.05, 3.63) is 92.8 Å². The highest BCUT2D eigenvalue weighted by Crippen LogP contribution is 2.42.